The molecule has 0 saturated heterocycles. The Morgan fingerprint density at radius 1 is 1.10 bits per heavy atom. The van der Waals surface area contributed by atoms with E-state index in [9.17, 15) is 4.79 Å². The highest BCUT2D eigenvalue weighted by Gasteiger charge is 2.10. The average molecular weight is 452 g/mol. The van der Waals surface area contributed by atoms with Crippen molar-refractivity contribution in [3.05, 3.63) is 76.7 Å². The molecule has 0 aliphatic carbocycles. The Hall–Kier alpha value is -3.23. The van der Waals surface area contributed by atoms with Crippen molar-refractivity contribution in [2.75, 3.05) is 6.61 Å². The first-order valence-corrected chi connectivity index (χ1v) is 11.6. The van der Waals surface area contributed by atoms with Crippen molar-refractivity contribution in [1.29, 1.82) is 0 Å². The van der Waals surface area contributed by atoms with Gasteiger partial charge in [0.2, 0.25) is 11.8 Å². The molecule has 3 aromatic heterocycles. The van der Waals surface area contributed by atoms with Gasteiger partial charge in [0.25, 0.3) is 0 Å². The summed E-state index contributed by atoms with van der Waals surface area (Å²) in [5, 5.41) is 7.83. The van der Waals surface area contributed by atoms with Crippen LogP contribution >= 0.6 is 22.7 Å². The molecule has 4 aromatic rings. The maximum absolute atomic E-state index is 12.3. The number of nitrogens with zero attached hydrogens (tertiary/aromatic N) is 2. The summed E-state index contributed by atoms with van der Waals surface area (Å²) < 4.78 is 11.2. The van der Waals surface area contributed by atoms with Gasteiger partial charge >= 0.3 is 0 Å². The minimum atomic E-state index is -0.0752. The van der Waals surface area contributed by atoms with E-state index in [2.05, 4.69) is 15.3 Å². The number of aromatic nitrogens is 2. The van der Waals surface area contributed by atoms with Crippen LogP contribution in [0.25, 0.3) is 9.88 Å². The second kappa shape index (κ2) is 10.2. The zero-order valence-electron chi connectivity index (χ0n) is 16.9. The van der Waals surface area contributed by atoms with Gasteiger partial charge in [0, 0.05) is 24.2 Å². The summed E-state index contributed by atoms with van der Waals surface area (Å²) in [4.78, 5) is 22.3. The highest BCUT2D eigenvalue weighted by molar-refractivity contribution is 7.20. The van der Waals surface area contributed by atoms with Gasteiger partial charge in [0.15, 0.2) is 0 Å². The average Bonchev–Trinajstić information content (AvgIpc) is 3.46. The van der Waals surface area contributed by atoms with E-state index in [4.69, 9.17) is 9.47 Å². The van der Waals surface area contributed by atoms with Crippen molar-refractivity contribution < 1.29 is 14.3 Å². The fourth-order valence-electron chi connectivity index (χ4n) is 2.84. The third-order valence-corrected chi connectivity index (χ3v) is 6.20. The summed E-state index contributed by atoms with van der Waals surface area (Å²) in [6.07, 6.45) is 1.92. The van der Waals surface area contributed by atoms with Crippen molar-refractivity contribution in [2.45, 2.75) is 19.9 Å². The highest BCUT2D eigenvalue weighted by atomic mass is 32.1. The number of benzene rings is 1. The van der Waals surface area contributed by atoms with Gasteiger partial charge in [0.05, 0.1) is 23.6 Å². The molecular weight excluding hydrogens is 430 g/mol. The lowest BCUT2D eigenvalue weighted by Crippen LogP contribution is -2.24. The van der Waals surface area contributed by atoms with Crippen LogP contribution in [0.2, 0.25) is 0 Å². The Morgan fingerprint density at radius 2 is 1.94 bits per heavy atom. The summed E-state index contributed by atoms with van der Waals surface area (Å²) >= 11 is 3.20. The number of carbonyl (C=O) groups is 1. The molecule has 0 fully saturated rings. The number of ether oxygens (including phenoxy) is 2. The summed E-state index contributed by atoms with van der Waals surface area (Å²) in [6, 6.07) is 15.1. The van der Waals surface area contributed by atoms with Gasteiger partial charge in [-0.2, -0.15) is 0 Å². The Balaban J connectivity index is 1.30. The first-order chi connectivity index (χ1) is 15.2. The fourth-order valence-corrected chi connectivity index (χ4v) is 4.47. The molecule has 0 aliphatic heterocycles. The van der Waals surface area contributed by atoms with Crippen molar-refractivity contribution >= 4 is 28.6 Å². The normalized spacial score (nSPS) is 10.6. The molecule has 3 heterocycles. The van der Waals surface area contributed by atoms with E-state index in [-0.39, 0.29) is 12.3 Å². The summed E-state index contributed by atoms with van der Waals surface area (Å²) in [6.45, 7) is 2.95. The number of nitrogens with one attached hydrogen (secondary N) is 1. The molecule has 0 aliphatic rings. The Bertz CT molecular complexity index is 1130. The third-order valence-electron chi connectivity index (χ3n) is 4.27. The van der Waals surface area contributed by atoms with Crippen molar-refractivity contribution in [3.63, 3.8) is 0 Å². The Labute approximate surface area is 188 Å². The molecule has 8 heteroatoms. The SMILES string of the molecule is CCOc1ccc(Oc2cc(CNC(=O)Cc3csc(-c4cccs4)n3)ccn2)cc1. The third kappa shape index (κ3) is 5.90. The molecule has 0 unspecified atom stereocenters. The smallest absolute Gasteiger partial charge is 0.226 e. The largest absolute Gasteiger partial charge is 0.494 e. The first kappa shape index (κ1) is 21.0. The zero-order valence-corrected chi connectivity index (χ0v) is 18.5. The van der Waals surface area contributed by atoms with E-state index < -0.39 is 0 Å². The van der Waals surface area contributed by atoms with Crippen LogP contribution in [0.5, 0.6) is 17.4 Å². The summed E-state index contributed by atoms with van der Waals surface area (Å²) in [7, 11) is 0. The van der Waals surface area contributed by atoms with Gasteiger partial charge in [-0.15, -0.1) is 22.7 Å². The number of hydrogen-bond acceptors (Lipinski definition) is 7. The van der Waals surface area contributed by atoms with Crippen LogP contribution in [0.4, 0.5) is 0 Å². The molecule has 0 bridgehead atoms. The number of thiophene rings is 1. The predicted octanol–water partition coefficient (Wildman–Crippen LogP) is 5.32. The van der Waals surface area contributed by atoms with Crippen LogP contribution < -0.4 is 14.8 Å². The van der Waals surface area contributed by atoms with E-state index in [0.717, 1.165) is 26.9 Å². The maximum Gasteiger partial charge on any atom is 0.226 e. The number of rotatable bonds is 9. The quantitative estimate of drug-likeness (QED) is 0.373. The van der Waals surface area contributed by atoms with Crippen molar-refractivity contribution in [1.82, 2.24) is 15.3 Å². The molecule has 0 saturated carbocycles. The molecule has 31 heavy (non-hydrogen) atoms. The van der Waals surface area contributed by atoms with Gasteiger partial charge in [-0.25, -0.2) is 9.97 Å². The maximum atomic E-state index is 12.3. The number of pyridine rings is 1. The van der Waals surface area contributed by atoms with E-state index in [1.54, 1.807) is 28.9 Å². The first-order valence-electron chi connectivity index (χ1n) is 9.80. The lowest BCUT2D eigenvalue weighted by Gasteiger charge is -2.09. The molecule has 0 radical (unpaired) electrons. The van der Waals surface area contributed by atoms with Gasteiger partial charge in [-0.3, -0.25) is 4.79 Å². The van der Waals surface area contributed by atoms with Crippen LogP contribution in [0.1, 0.15) is 18.2 Å². The van der Waals surface area contributed by atoms with Crippen LogP contribution in [0, 0.1) is 0 Å². The topological polar surface area (TPSA) is 73.3 Å². The van der Waals surface area contributed by atoms with Gasteiger partial charge in [-0.05, 0) is 54.3 Å². The van der Waals surface area contributed by atoms with E-state index in [0.29, 0.717) is 24.8 Å². The number of amides is 1. The lowest BCUT2D eigenvalue weighted by molar-refractivity contribution is -0.120. The predicted molar refractivity (Wildman–Crippen MR) is 123 cm³/mol. The highest BCUT2D eigenvalue weighted by Crippen LogP contribution is 2.28. The van der Waals surface area contributed by atoms with Gasteiger partial charge in [0.1, 0.15) is 16.5 Å². The summed E-state index contributed by atoms with van der Waals surface area (Å²) in [5.74, 6) is 1.86. The second-order valence-corrected chi connectivity index (χ2v) is 8.39. The minimum absolute atomic E-state index is 0.0752. The van der Waals surface area contributed by atoms with Crippen LogP contribution in [-0.2, 0) is 17.8 Å². The Morgan fingerprint density at radius 3 is 2.71 bits per heavy atom. The van der Waals surface area contributed by atoms with E-state index >= 15 is 0 Å². The molecular formula is C23H21N3O3S2. The van der Waals surface area contributed by atoms with E-state index in [1.165, 1.54) is 0 Å². The molecule has 1 amide bonds. The number of thiazole rings is 1. The van der Waals surface area contributed by atoms with E-state index in [1.807, 2.05) is 66.2 Å². The van der Waals surface area contributed by atoms with Crippen LogP contribution in [-0.4, -0.2) is 22.5 Å². The molecule has 4 rings (SSSR count). The minimum Gasteiger partial charge on any atom is -0.494 e. The number of carbonyl (C=O) groups excluding carboxylic acids is 1. The molecule has 158 valence electrons. The van der Waals surface area contributed by atoms with Gasteiger partial charge < -0.3 is 14.8 Å². The van der Waals surface area contributed by atoms with Crippen molar-refractivity contribution in [3.8, 4) is 27.3 Å². The second-order valence-electron chi connectivity index (χ2n) is 6.58. The fraction of sp³-hybridized carbons (Fsp3) is 0.174. The van der Waals surface area contributed by atoms with Crippen molar-refractivity contribution in [2.24, 2.45) is 0 Å². The monoisotopic (exact) mass is 451 g/mol. The van der Waals surface area contributed by atoms with Crippen LogP contribution in [0.3, 0.4) is 0 Å². The standard InChI is InChI=1S/C23H21N3O3S2/c1-2-28-18-5-7-19(8-6-18)29-22-12-16(9-10-24-22)14-25-21(27)13-17-15-31-23(26-17)20-4-3-11-30-20/h3-12,15H,2,13-14H2,1H3,(H,25,27). The molecule has 0 atom stereocenters. The molecule has 1 aromatic carbocycles. The van der Waals surface area contributed by atoms with Crippen LogP contribution in [0.15, 0.2) is 65.5 Å². The van der Waals surface area contributed by atoms with Gasteiger partial charge in [-0.1, -0.05) is 6.07 Å². The number of hydrogen-bond donors (Lipinski definition) is 1. The summed E-state index contributed by atoms with van der Waals surface area (Å²) in [5.41, 5.74) is 1.68. The molecule has 0 spiro atoms. The Kier molecular flexibility index (Phi) is 6.91. The zero-order chi connectivity index (χ0) is 21.5. The molecule has 6 nitrogen and oxygen atoms in total. The lowest BCUT2D eigenvalue weighted by atomic mass is 10.2. The molecule has 1 N–H and O–H groups in total.